The number of benzene rings is 2. The molecule has 1 aliphatic rings. The molecule has 0 radical (unpaired) electrons. The minimum atomic E-state index is -0.941. The van der Waals surface area contributed by atoms with Gasteiger partial charge in [0.1, 0.15) is 11.5 Å². The number of esters is 2. The topological polar surface area (TPSA) is 52.6 Å². The molecule has 4 nitrogen and oxygen atoms in total. The SMILES string of the molecule is CCOC(=O)C1(c2ccc(C)cc2)CCCC1OC(=O)c1cccc(C)c1. The first-order valence-corrected chi connectivity index (χ1v) is 9.49. The van der Waals surface area contributed by atoms with E-state index in [0.29, 0.717) is 25.0 Å². The monoisotopic (exact) mass is 366 g/mol. The molecule has 142 valence electrons. The van der Waals surface area contributed by atoms with Crippen molar-refractivity contribution in [2.24, 2.45) is 0 Å². The smallest absolute Gasteiger partial charge is 0.338 e. The van der Waals surface area contributed by atoms with E-state index in [9.17, 15) is 9.59 Å². The summed E-state index contributed by atoms with van der Waals surface area (Å²) in [4.78, 5) is 25.8. The van der Waals surface area contributed by atoms with Crippen LogP contribution in [-0.2, 0) is 19.7 Å². The summed E-state index contributed by atoms with van der Waals surface area (Å²) in [5.74, 6) is -0.709. The highest BCUT2D eigenvalue weighted by molar-refractivity contribution is 5.91. The third-order valence-electron chi connectivity index (χ3n) is 5.30. The number of carbonyl (C=O) groups is 2. The van der Waals surface area contributed by atoms with Crippen LogP contribution in [0.1, 0.15) is 53.2 Å². The number of hydrogen-bond acceptors (Lipinski definition) is 4. The molecule has 2 atom stereocenters. The first-order valence-electron chi connectivity index (χ1n) is 9.49. The standard InChI is InChI=1S/C23H26O4/c1-4-26-22(25)23(19-12-10-16(2)11-13-19)14-6-9-20(23)27-21(24)18-8-5-7-17(3)15-18/h5,7-8,10-13,15,20H,4,6,9,14H2,1-3H3. The lowest BCUT2D eigenvalue weighted by Crippen LogP contribution is -2.46. The van der Waals surface area contributed by atoms with Crippen LogP contribution in [0.5, 0.6) is 0 Å². The zero-order valence-corrected chi connectivity index (χ0v) is 16.2. The molecule has 0 amide bonds. The van der Waals surface area contributed by atoms with E-state index < -0.39 is 17.5 Å². The predicted molar refractivity (Wildman–Crippen MR) is 104 cm³/mol. The van der Waals surface area contributed by atoms with Crippen LogP contribution in [0.15, 0.2) is 48.5 Å². The lowest BCUT2D eigenvalue weighted by atomic mass is 9.76. The molecule has 1 saturated carbocycles. The molecule has 0 aromatic heterocycles. The average Bonchev–Trinajstić information content (AvgIpc) is 3.07. The van der Waals surface area contributed by atoms with Crippen molar-refractivity contribution in [2.45, 2.75) is 51.6 Å². The van der Waals surface area contributed by atoms with E-state index in [4.69, 9.17) is 9.47 Å². The maximum Gasteiger partial charge on any atom is 0.338 e. The predicted octanol–water partition coefficient (Wildman–Crippen LogP) is 4.51. The normalized spacial score (nSPS) is 21.7. The summed E-state index contributed by atoms with van der Waals surface area (Å²) in [6.45, 7) is 6.03. The third-order valence-corrected chi connectivity index (χ3v) is 5.30. The van der Waals surface area contributed by atoms with Gasteiger partial charge in [-0.25, -0.2) is 4.79 Å². The van der Waals surface area contributed by atoms with Crippen molar-refractivity contribution in [1.82, 2.24) is 0 Å². The Bertz CT molecular complexity index is 825. The molecule has 0 N–H and O–H groups in total. The summed E-state index contributed by atoms with van der Waals surface area (Å²) >= 11 is 0. The zero-order valence-electron chi connectivity index (χ0n) is 16.2. The van der Waals surface area contributed by atoms with Crippen LogP contribution in [0.25, 0.3) is 0 Å². The number of hydrogen-bond donors (Lipinski definition) is 0. The second kappa shape index (κ2) is 7.95. The Morgan fingerprint density at radius 2 is 1.81 bits per heavy atom. The average molecular weight is 366 g/mol. The van der Waals surface area contributed by atoms with Gasteiger partial charge >= 0.3 is 11.9 Å². The molecule has 1 aliphatic carbocycles. The van der Waals surface area contributed by atoms with Gasteiger partial charge in [0.05, 0.1) is 12.2 Å². The molecular formula is C23H26O4. The van der Waals surface area contributed by atoms with E-state index in [1.165, 1.54) is 0 Å². The summed E-state index contributed by atoms with van der Waals surface area (Å²) < 4.78 is 11.3. The zero-order chi connectivity index (χ0) is 19.4. The first kappa shape index (κ1) is 19.2. The Morgan fingerprint density at radius 3 is 2.48 bits per heavy atom. The molecule has 27 heavy (non-hydrogen) atoms. The van der Waals surface area contributed by atoms with Gasteiger partial charge < -0.3 is 9.47 Å². The van der Waals surface area contributed by atoms with Crippen molar-refractivity contribution < 1.29 is 19.1 Å². The molecule has 0 saturated heterocycles. The highest BCUT2D eigenvalue weighted by Crippen LogP contribution is 2.44. The quantitative estimate of drug-likeness (QED) is 0.731. The van der Waals surface area contributed by atoms with E-state index in [-0.39, 0.29) is 5.97 Å². The van der Waals surface area contributed by atoms with Crippen molar-refractivity contribution in [3.05, 3.63) is 70.8 Å². The van der Waals surface area contributed by atoms with E-state index in [1.807, 2.05) is 50.2 Å². The molecular weight excluding hydrogens is 340 g/mol. The molecule has 3 rings (SSSR count). The highest BCUT2D eigenvalue weighted by atomic mass is 16.6. The summed E-state index contributed by atoms with van der Waals surface area (Å²) in [6, 6.07) is 15.2. The van der Waals surface area contributed by atoms with Crippen LogP contribution in [0.3, 0.4) is 0 Å². The van der Waals surface area contributed by atoms with E-state index in [0.717, 1.165) is 23.1 Å². The summed E-state index contributed by atoms with van der Waals surface area (Å²) in [5.41, 5.74) is 2.52. The molecule has 2 unspecified atom stereocenters. The van der Waals surface area contributed by atoms with Crippen LogP contribution in [0.2, 0.25) is 0 Å². The first-order chi connectivity index (χ1) is 13.0. The Balaban J connectivity index is 1.95. The van der Waals surface area contributed by atoms with E-state index in [2.05, 4.69) is 0 Å². The Morgan fingerprint density at radius 1 is 1.07 bits per heavy atom. The molecule has 0 bridgehead atoms. The fourth-order valence-electron chi connectivity index (χ4n) is 3.89. The molecule has 4 heteroatoms. The molecule has 0 spiro atoms. The van der Waals surface area contributed by atoms with Gasteiger partial charge in [-0.15, -0.1) is 0 Å². The highest BCUT2D eigenvalue weighted by Gasteiger charge is 2.53. The van der Waals surface area contributed by atoms with Gasteiger partial charge in [-0.3, -0.25) is 4.79 Å². The van der Waals surface area contributed by atoms with Gasteiger partial charge in [0.2, 0.25) is 0 Å². The molecule has 0 heterocycles. The summed E-state index contributed by atoms with van der Waals surface area (Å²) in [6.07, 6.45) is 1.52. The largest absolute Gasteiger partial charge is 0.465 e. The van der Waals surface area contributed by atoms with Gasteiger partial charge in [0.25, 0.3) is 0 Å². The number of carbonyl (C=O) groups excluding carboxylic acids is 2. The van der Waals surface area contributed by atoms with Crippen LogP contribution in [-0.4, -0.2) is 24.6 Å². The van der Waals surface area contributed by atoms with Crippen molar-refractivity contribution in [3.8, 4) is 0 Å². The lowest BCUT2D eigenvalue weighted by Gasteiger charge is -2.33. The third kappa shape index (κ3) is 3.75. The van der Waals surface area contributed by atoms with Gasteiger partial charge in [-0.05, 0) is 57.7 Å². The fraction of sp³-hybridized carbons (Fsp3) is 0.391. The van der Waals surface area contributed by atoms with Crippen molar-refractivity contribution in [2.75, 3.05) is 6.61 Å². The minimum Gasteiger partial charge on any atom is -0.465 e. The molecule has 2 aromatic rings. The molecule has 0 aliphatic heterocycles. The van der Waals surface area contributed by atoms with Crippen molar-refractivity contribution in [1.29, 1.82) is 0 Å². The van der Waals surface area contributed by atoms with E-state index >= 15 is 0 Å². The minimum absolute atomic E-state index is 0.297. The van der Waals surface area contributed by atoms with Crippen LogP contribution >= 0.6 is 0 Å². The van der Waals surface area contributed by atoms with Gasteiger partial charge in [-0.1, -0.05) is 47.5 Å². The van der Waals surface area contributed by atoms with Crippen molar-refractivity contribution >= 4 is 11.9 Å². The number of rotatable bonds is 5. The fourth-order valence-corrected chi connectivity index (χ4v) is 3.89. The summed E-state index contributed by atoms with van der Waals surface area (Å²) in [5, 5.41) is 0. The Labute approximate surface area is 160 Å². The maximum atomic E-state index is 13.0. The van der Waals surface area contributed by atoms with E-state index in [1.54, 1.807) is 19.1 Å². The van der Waals surface area contributed by atoms with Gasteiger partial charge in [-0.2, -0.15) is 0 Å². The molecule has 1 fully saturated rings. The van der Waals surface area contributed by atoms with Crippen molar-refractivity contribution in [3.63, 3.8) is 0 Å². The maximum absolute atomic E-state index is 13.0. The number of ether oxygens (including phenoxy) is 2. The number of aryl methyl sites for hydroxylation is 2. The van der Waals surface area contributed by atoms with Crippen LogP contribution < -0.4 is 0 Å². The van der Waals surface area contributed by atoms with Crippen LogP contribution in [0, 0.1) is 13.8 Å². The molecule has 2 aromatic carbocycles. The van der Waals surface area contributed by atoms with Crippen LogP contribution in [0.4, 0.5) is 0 Å². The Hall–Kier alpha value is -2.62. The lowest BCUT2D eigenvalue weighted by molar-refractivity contribution is -0.154. The summed E-state index contributed by atoms with van der Waals surface area (Å²) in [7, 11) is 0. The van der Waals surface area contributed by atoms with Gasteiger partial charge in [0, 0.05) is 0 Å². The second-order valence-corrected chi connectivity index (χ2v) is 7.21. The second-order valence-electron chi connectivity index (χ2n) is 7.21. The Kier molecular flexibility index (Phi) is 5.64. The van der Waals surface area contributed by atoms with Gasteiger partial charge in [0.15, 0.2) is 0 Å².